The number of hydrogen-bond acceptors (Lipinski definition) is 8. The highest BCUT2D eigenvalue weighted by molar-refractivity contribution is 5.95. The third-order valence-corrected chi connectivity index (χ3v) is 11.1. The van der Waals surface area contributed by atoms with Crippen LogP contribution in [0.1, 0.15) is 85.5 Å². The Morgan fingerprint density at radius 1 is 0.875 bits per heavy atom. The molecule has 5 N–H and O–H groups in total. The summed E-state index contributed by atoms with van der Waals surface area (Å²) in [5, 5.41) is 21.8. The highest BCUT2D eigenvalue weighted by Gasteiger charge is 2.47. The molecule has 3 aromatic rings. The van der Waals surface area contributed by atoms with Crippen LogP contribution in [-0.2, 0) is 24.0 Å². The predicted octanol–water partition coefficient (Wildman–Crippen LogP) is 5.40. The van der Waals surface area contributed by atoms with Gasteiger partial charge in [0.2, 0.25) is 23.6 Å². The van der Waals surface area contributed by atoms with Crippen LogP contribution in [0.15, 0.2) is 54.6 Å². The summed E-state index contributed by atoms with van der Waals surface area (Å²) < 4.78 is 12.2. The van der Waals surface area contributed by atoms with Crippen LogP contribution in [-0.4, -0.2) is 78.1 Å². The van der Waals surface area contributed by atoms with E-state index >= 15 is 0 Å². The Labute approximate surface area is 329 Å². The number of aromatic nitrogens is 1. The molecule has 2 aromatic carbocycles. The first-order valence-corrected chi connectivity index (χ1v) is 19.8. The molecule has 56 heavy (non-hydrogen) atoms. The first-order valence-electron chi connectivity index (χ1n) is 19.8. The third kappa shape index (κ3) is 10.2. The molecule has 0 bridgehead atoms. The molecule has 0 saturated heterocycles. The summed E-state index contributed by atoms with van der Waals surface area (Å²) in [7, 11) is 3.12. The van der Waals surface area contributed by atoms with Gasteiger partial charge in [0.25, 0.3) is 0 Å². The van der Waals surface area contributed by atoms with E-state index in [9.17, 15) is 29.1 Å². The Bertz CT molecular complexity index is 1870. The molecule has 1 unspecified atom stereocenters. The number of nitrogens with zero attached hydrogens (tertiary/aromatic N) is 1. The van der Waals surface area contributed by atoms with Crippen molar-refractivity contribution in [3.05, 3.63) is 54.6 Å². The van der Waals surface area contributed by atoms with E-state index in [1.54, 1.807) is 20.2 Å². The van der Waals surface area contributed by atoms with Gasteiger partial charge in [-0.3, -0.25) is 19.2 Å². The molecule has 302 valence electrons. The highest BCUT2D eigenvalue weighted by Crippen LogP contribution is 2.39. The van der Waals surface area contributed by atoms with Gasteiger partial charge < -0.3 is 35.8 Å². The van der Waals surface area contributed by atoms with E-state index in [0.29, 0.717) is 34.5 Å². The van der Waals surface area contributed by atoms with Gasteiger partial charge in [-0.05, 0) is 55.6 Å². The lowest BCUT2D eigenvalue weighted by atomic mass is 9.82. The summed E-state index contributed by atoms with van der Waals surface area (Å²) in [6.07, 6.45) is 5.02. The fraction of sp³-hybridized carbons (Fsp3) is 0.535. The molecule has 2 fully saturated rings. The third-order valence-electron chi connectivity index (χ3n) is 11.1. The normalized spacial score (nSPS) is 20.3. The van der Waals surface area contributed by atoms with E-state index in [0.717, 1.165) is 37.7 Å². The lowest BCUT2D eigenvalue weighted by molar-refractivity contribution is -0.143. The number of benzene rings is 2. The molecule has 0 aliphatic heterocycles. The number of pyridine rings is 1. The van der Waals surface area contributed by atoms with Crippen LogP contribution in [0.25, 0.3) is 22.2 Å². The SMILES string of the molecule is CCC[C@H](NC(=O)[C@@H]1C[C@@H](Oc2cc(-c3ccccc3)nc3cc(OC)ccc23)C[C@H]1C(=O)N[C@H](C(=O)NC(C(=O)NC)C1CCCCC1)C(C)(C)C)C(=O)O. The first-order chi connectivity index (χ1) is 26.7. The van der Waals surface area contributed by atoms with Crippen LogP contribution in [0.4, 0.5) is 0 Å². The van der Waals surface area contributed by atoms with Gasteiger partial charge in [0, 0.05) is 30.1 Å². The second-order valence-corrected chi connectivity index (χ2v) is 16.2. The van der Waals surface area contributed by atoms with Crippen molar-refractivity contribution in [2.24, 2.45) is 23.2 Å². The predicted molar refractivity (Wildman–Crippen MR) is 213 cm³/mol. The molecule has 2 aliphatic rings. The summed E-state index contributed by atoms with van der Waals surface area (Å²) in [5.74, 6) is -3.84. The van der Waals surface area contributed by atoms with Crippen molar-refractivity contribution in [3.8, 4) is 22.8 Å². The number of methoxy groups -OCH3 is 1. The Kier molecular flexibility index (Phi) is 14.0. The summed E-state index contributed by atoms with van der Waals surface area (Å²) in [6, 6.07) is 14.0. The minimum atomic E-state index is -1.16. The van der Waals surface area contributed by atoms with Crippen LogP contribution in [0.3, 0.4) is 0 Å². The molecule has 2 aliphatic carbocycles. The lowest BCUT2D eigenvalue weighted by Crippen LogP contribution is -2.60. The number of aliphatic carboxylic acids is 1. The Morgan fingerprint density at radius 2 is 1.54 bits per heavy atom. The van der Waals surface area contributed by atoms with Gasteiger partial charge in [-0.2, -0.15) is 0 Å². The number of carboxylic acid groups (broad SMARTS) is 1. The summed E-state index contributed by atoms with van der Waals surface area (Å²) in [6.45, 7) is 7.31. The molecule has 6 atom stereocenters. The zero-order chi connectivity index (χ0) is 40.6. The van der Waals surface area contributed by atoms with Crippen molar-refractivity contribution >= 4 is 40.5 Å². The van der Waals surface area contributed by atoms with E-state index in [4.69, 9.17) is 14.5 Å². The fourth-order valence-electron chi connectivity index (χ4n) is 8.01. The van der Waals surface area contributed by atoms with Crippen LogP contribution in [0.2, 0.25) is 0 Å². The van der Waals surface area contributed by atoms with Crippen molar-refractivity contribution in [2.45, 2.75) is 110 Å². The zero-order valence-electron chi connectivity index (χ0n) is 33.4. The molecule has 13 heteroatoms. The van der Waals surface area contributed by atoms with Crippen LogP contribution >= 0.6 is 0 Å². The number of amides is 4. The summed E-state index contributed by atoms with van der Waals surface area (Å²) in [4.78, 5) is 72.4. The number of nitrogens with one attached hydrogen (secondary N) is 4. The van der Waals surface area contributed by atoms with E-state index in [-0.39, 0.29) is 31.1 Å². The van der Waals surface area contributed by atoms with Crippen molar-refractivity contribution < 1.29 is 38.6 Å². The van der Waals surface area contributed by atoms with Gasteiger partial charge >= 0.3 is 5.97 Å². The van der Waals surface area contributed by atoms with Crippen LogP contribution in [0.5, 0.6) is 11.5 Å². The molecule has 1 heterocycles. The topological polar surface area (TPSA) is 185 Å². The average molecular weight is 772 g/mol. The van der Waals surface area contributed by atoms with Gasteiger partial charge in [0.05, 0.1) is 30.2 Å². The number of ether oxygens (including phenoxy) is 2. The molecule has 2 saturated carbocycles. The molecular weight excluding hydrogens is 714 g/mol. The van der Waals surface area contributed by atoms with E-state index in [1.165, 1.54) is 0 Å². The van der Waals surface area contributed by atoms with Crippen LogP contribution < -0.4 is 30.7 Å². The Hall–Kier alpha value is -5.20. The summed E-state index contributed by atoms with van der Waals surface area (Å²) in [5.41, 5.74) is 1.39. The number of rotatable bonds is 15. The molecule has 4 amide bonds. The first kappa shape index (κ1) is 42.0. The standard InChI is InChI=1S/C43H57N5O8/c1-7-14-32(42(53)54)46-38(49)30-21-28(56-35-24-33(25-15-10-8-11-16-25)45-34-23-27(55-6)19-20-29(34)35)22-31(30)39(50)48-37(43(2,3)4)41(52)47-36(40(51)44-5)26-17-12-9-13-18-26/h8,10-11,15-16,19-20,23-24,26,28,30-32,36-37H,7,9,12-14,17-18,21-22H2,1-6H3,(H,44,51)(H,46,49)(H,47,52)(H,48,50)(H,53,54)/t28-,30-,31-,32+,36?,37-/m1/s1. The smallest absolute Gasteiger partial charge is 0.326 e. The Balaban J connectivity index is 1.45. The van der Waals surface area contributed by atoms with Crippen molar-refractivity contribution in [1.29, 1.82) is 0 Å². The number of hydrogen-bond donors (Lipinski definition) is 5. The van der Waals surface area contributed by atoms with E-state index in [2.05, 4.69) is 21.3 Å². The van der Waals surface area contributed by atoms with Gasteiger partial charge in [-0.25, -0.2) is 9.78 Å². The fourth-order valence-corrected chi connectivity index (χ4v) is 8.01. The van der Waals surface area contributed by atoms with Gasteiger partial charge in [0.15, 0.2) is 0 Å². The van der Waals surface area contributed by atoms with E-state index in [1.807, 2.05) is 76.2 Å². The minimum absolute atomic E-state index is 0.0251. The van der Waals surface area contributed by atoms with Gasteiger partial charge in [0.1, 0.15) is 35.7 Å². The molecule has 0 spiro atoms. The largest absolute Gasteiger partial charge is 0.497 e. The number of fused-ring (bicyclic) bond motifs is 1. The number of carbonyl (C=O) groups excluding carboxylic acids is 4. The van der Waals surface area contributed by atoms with Gasteiger partial charge in [-0.1, -0.05) is 83.7 Å². The number of carbonyl (C=O) groups is 5. The lowest BCUT2D eigenvalue weighted by Gasteiger charge is -2.35. The summed E-state index contributed by atoms with van der Waals surface area (Å²) >= 11 is 0. The molecule has 1 aromatic heterocycles. The number of likely N-dealkylation sites (N-methyl/N-ethyl adjacent to an activating group) is 1. The Morgan fingerprint density at radius 3 is 2.12 bits per heavy atom. The highest BCUT2D eigenvalue weighted by atomic mass is 16.5. The minimum Gasteiger partial charge on any atom is -0.497 e. The second kappa shape index (κ2) is 18.6. The maximum atomic E-state index is 14.4. The average Bonchev–Trinajstić information content (AvgIpc) is 3.62. The van der Waals surface area contributed by atoms with E-state index < -0.39 is 65.2 Å². The molecular formula is C43H57N5O8. The molecule has 5 rings (SSSR count). The molecule has 0 radical (unpaired) electrons. The van der Waals surface area contributed by atoms with Crippen LogP contribution in [0, 0.1) is 23.2 Å². The number of carboxylic acids is 1. The van der Waals surface area contributed by atoms with Gasteiger partial charge in [-0.15, -0.1) is 0 Å². The van der Waals surface area contributed by atoms with Crippen molar-refractivity contribution in [3.63, 3.8) is 0 Å². The zero-order valence-corrected chi connectivity index (χ0v) is 33.4. The maximum absolute atomic E-state index is 14.4. The van der Waals surface area contributed by atoms with Crippen molar-refractivity contribution in [1.82, 2.24) is 26.3 Å². The van der Waals surface area contributed by atoms with Crippen molar-refractivity contribution in [2.75, 3.05) is 14.2 Å². The quantitative estimate of drug-likeness (QED) is 0.135. The maximum Gasteiger partial charge on any atom is 0.326 e. The molecule has 13 nitrogen and oxygen atoms in total. The second-order valence-electron chi connectivity index (χ2n) is 16.2. The monoisotopic (exact) mass is 771 g/mol.